The smallest absolute Gasteiger partial charge is 0.336 e. The lowest BCUT2D eigenvalue weighted by atomic mass is 10.1. The molecule has 0 saturated heterocycles. The molecule has 24 heavy (non-hydrogen) atoms. The van der Waals surface area contributed by atoms with Crippen molar-refractivity contribution in [2.75, 3.05) is 0 Å². The van der Waals surface area contributed by atoms with E-state index in [-0.39, 0.29) is 16.1 Å². The van der Waals surface area contributed by atoms with Gasteiger partial charge in [-0.1, -0.05) is 17.7 Å². The number of hydrogen-bond acceptors (Lipinski definition) is 3. The Labute approximate surface area is 139 Å². The Morgan fingerprint density at radius 2 is 2.04 bits per heavy atom. The first kappa shape index (κ1) is 18.0. The van der Waals surface area contributed by atoms with Gasteiger partial charge in [0.05, 0.1) is 5.02 Å². The molecule has 0 spiro atoms. The minimum atomic E-state index is -4.76. The molecule has 0 aliphatic rings. The summed E-state index contributed by atoms with van der Waals surface area (Å²) in [6.07, 6.45) is -2.45. The van der Waals surface area contributed by atoms with E-state index in [2.05, 4.69) is 9.97 Å². The molecule has 0 bridgehead atoms. The molecule has 0 aliphatic carbocycles. The van der Waals surface area contributed by atoms with Gasteiger partial charge in [-0.2, -0.15) is 13.2 Å². The van der Waals surface area contributed by atoms with Crippen molar-refractivity contribution < 1.29 is 18.0 Å². The summed E-state index contributed by atoms with van der Waals surface area (Å²) in [5, 5.41) is 1.95. The van der Waals surface area contributed by atoms with Crippen LogP contribution in [0.3, 0.4) is 0 Å². The number of H-pyrrole nitrogens is 1. The van der Waals surface area contributed by atoms with Crippen LogP contribution < -0.4 is 10.9 Å². The van der Waals surface area contributed by atoms with Gasteiger partial charge in [-0.25, -0.2) is 0 Å². The summed E-state index contributed by atoms with van der Waals surface area (Å²) < 4.78 is 39.8. The minimum absolute atomic E-state index is 0.113. The number of alkyl halides is 3. The molecule has 5 nitrogen and oxygen atoms in total. The van der Waals surface area contributed by atoms with Gasteiger partial charge < -0.3 is 10.3 Å². The van der Waals surface area contributed by atoms with Gasteiger partial charge in [0.2, 0.25) is 0 Å². The predicted molar refractivity (Wildman–Crippen MR) is 82.0 cm³/mol. The van der Waals surface area contributed by atoms with Crippen molar-refractivity contribution in [1.29, 1.82) is 0 Å². The summed E-state index contributed by atoms with van der Waals surface area (Å²) in [4.78, 5) is 30.2. The van der Waals surface area contributed by atoms with Crippen LogP contribution in [0.4, 0.5) is 13.2 Å². The molecule has 0 fully saturated rings. The quantitative estimate of drug-likeness (QED) is 0.884. The SMILES string of the molecule is Cc1[nH]c(=O)c(C(=O)N[C@@H](c2cccnc2)C(F)(F)F)c(C)c1Cl. The number of nitrogens with one attached hydrogen (secondary N) is 2. The lowest BCUT2D eigenvalue weighted by Crippen LogP contribution is -2.40. The molecule has 2 N–H and O–H groups in total. The number of carbonyl (C=O) groups excluding carboxylic acids is 1. The molecule has 2 rings (SSSR count). The first-order valence-electron chi connectivity index (χ1n) is 6.79. The zero-order chi connectivity index (χ0) is 18.1. The van der Waals surface area contributed by atoms with Gasteiger partial charge in [0.15, 0.2) is 6.04 Å². The summed E-state index contributed by atoms with van der Waals surface area (Å²) in [5.41, 5.74) is -1.06. The second-order valence-electron chi connectivity index (χ2n) is 5.13. The van der Waals surface area contributed by atoms with E-state index >= 15 is 0 Å². The Kier molecular flexibility index (Phi) is 4.98. The van der Waals surface area contributed by atoms with Crippen molar-refractivity contribution in [3.05, 3.63) is 62.3 Å². The molecular weight excluding hydrogens is 347 g/mol. The third-order valence-electron chi connectivity index (χ3n) is 3.41. The van der Waals surface area contributed by atoms with Crippen molar-refractivity contribution in [1.82, 2.24) is 15.3 Å². The number of halogens is 4. The van der Waals surface area contributed by atoms with E-state index in [1.54, 1.807) is 0 Å². The van der Waals surface area contributed by atoms with Gasteiger partial charge in [-0.15, -0.1) is 0 Å². The van der Waals surface area contributed by atoms with Gasteiger partial charge >= 0.3 is 6.18 Å². The Morgan fingerprint density at radius 1 is 1.38 bits per heavy atom. The molecule has 2 heterocycles. The van der Waals surface area contributed by atoms with Crippen molar-refractivity contribution >= 4 is 17.5 Å². The third kappa shape index (κ3) is 3.59. The second kappa shape index (κ2) is 6.64. The number of hydrogen-bond donors (Lipinski definition) is 2. The van der Waals surface area contributed by atoms with Crippen LogP contribution in [0, 0.1) is 13.8 Å². The van der Waals surface area contributed by atoms with Crippen LogP contribution in [0.2, 0.25) is 5.02 Å². The molecule has 1 amide bonds. The van der Waals surface area contributed by atoms with Crippen molar-refractivity contribution in [2.45, 2.75) is 26.1 Å². The van der Waals surface area contributed by atoms with Crippen LogP contribution in [0.25, 0.3) is 0 Å². The van der Waals surface area contributed by atoms with Gasteiger partial charge in [-0.05, 0) is 25.5 Å². The number of aryl methyl sites for hydroxylation is 1. The highest BCUT2D eigenvalue weighted by atomic mass is 35.5. The molecule has 0 radical (unpaired) electrons. The maximum Gasteiger partial charge on any atom is 0.412 e. The largest absolute Gasteiger partial charge is 0.412 e. The number of pyridine rings is 2. The third-order valence-corrected chi connectivity index (χ3v) is 3.98. The zero-order valence-electron chi connectivity index (χ0n) is 12.7. The van der Waals surface area contributed by atoms with Crippen LogP contribution in [0.5, 0.6) is 0 Å². The summed E-state index contributed by atoms with van der Waals surface area (Å²) >= 11 is 5.96. The molecule has 0 aliphatic heterocycles. The number of nitrogens with zero attached hydrogens (tertiary/aromatic N) is 1. The number of aromatic amines is 1. The summed E-state index contributed by atoms with van der Waals surface area (Å²) in [6, 6.07) is 0.212. The van der Waals surface area contributed by atoms with E-state index in [9.17, 15) is 22.8 Å². The molecule has 9 heteroatoms. The van der Waals surface area contributed by atoms with Gasteiger partial charge in [0.1, 0.15) is 5.56 Å². The molecule has 2 aromatic rings. The summed E-state index contributed by atoms with van der Waals surface area (Å²) in [7, 11) is 0. The number of amides is 1. The van der Waals surface area contributed by atoms with Crippen molar-refractivity contribution in [3.8, 4) is 0 Å². The van der Waals surface area contributed by atoms with E-state index in [0.717, 1.165) is 6.20 Å². The highest BCUT2D eigenvalue weighted by Crippen LogP contribution is 2.32. The lowest BCUT2D eigenvalue weighted by Gasteiger charge is -2.22. The summed E-state index contributed by atoms with van der Waals surface area (Å²) in [6.45, 7) is 2.92. The van der Waals surface area contributed by atoms with E-state index in [4.69, 9.17) is 11.6 Å². The fourth-order valence-corrected chi connectivity index (χ4v) is 2.37. The highest BCUT2D eigenvalue weighted by molar-refractivity contribution is 6.32. The van der Waals surface area contributed by atoms with Gasteiger partial charge in [-0.3, -0.25) is 14.6 Å². The minimum Gasteiger partial charge on any atom is -0.336 e. The van der Waals surface area contributed by atoms with Crippen molar-refractivity contribution in [3.63, 3.8) is 0 Å². The van der Waals surface area contributed by atoms with Crippen LogP contribution >= 0.6 is 11.6 Å². The first-order valence-corrected chi connectivity index (χ1v) is 7.17. The Hall–Kier alpha value is -2.35. The van der Waals surface area contributed by atoms with Crippen LogP contribution in [-0.2, 0) is 0 Å². The highest BCUT2D eigenvalue weighted by Gasteiger charge is 2.42. The van der Waals surface area contributed by atoms with Crippen LogP contribution in [-0.4, -0.2) is 22.1 Å². The Bertz CT molecular complexity index is 819. The fraction of sp³-hybridized carbons (Fsp3) is 0.267. The number of aromatic nitrogens is 2. The predicted octanol–water partition coefficient (Wildman–Crippen LogP) is 3.07. The number of carbonyl (C=O) groups is 1. The lowest BCUT2D eigenvalue weighted by molar-refractivity contribution is -0.155. The van der Waals surface area contributed by atoms with Gasteiger partial charge in [0.25, 0.3) is 11.5 Å². The Morgan fingerprint density at radius 3 is 2.58 bits per heavy atom. The number of rotatable bonds is 3. The summed E-state index contributed by atoms with van der Waals surface area (Å²) in [5.74, 6) is -1.16. The molecule has 1 atom stereocenters. The zero-order valence-corrected chi connectivity index (χ0v) is 13.4. The second-order valence-corrected chi connectivity index (χ2v) is 5.51. The van der Waals surface area contributed by atoms with E-state index < -0.39 is 29.2 Å². The van der Waals surface area contributed by atoms with Gasteiger partial charge in [0, 0.05) is 23.7 Å². The maximum absolute atomic E-state index is 13.3. The monoisotopic (exact) mass is 359 g/mol. The standard InChI is InChI=1S/C15H13ClF3N3O2/c1-7-10(13(23)21-8(2)11(7)16)14(24)22-12(15(17,18)19)9-4-3-5-20-6-9/h3-6,12H,1-2H3,(H,21,23)(H,22,24)/t12-/m0/s1. The molecule has 2 aromatic heterocycles. The average molecular weight is 360 g/mol. The first-order chi connectivity index (χ1) is 11.1. The molecule has 0 saturated carbocycles. The Balaban J connectivity index is 2.44. The molecule has 0 unspecified atom stereocenters. The van der Waals surface area contributed by atoms with E-state index in [0.29, 0.717) is 5.69 Å². The van der Waals surface area contributed by atoms with E-state index in [1.165, 1.54) is 32.2 Å². The van der Waals surface area contributed by atoms with Crippen LogP contribution in [0.1, 0.15) is 33.2 Å². The van der Waals surface area contributed by atoms with Crippen molar-refractivity contribution in [2.24, 2.45) is 0 Å². The fourth-order valence-electron chi connectivity index (χ4n) is 2.23. The topological polar surface area (TPSA) is 74.8 Å². The molecule has 0 aromatic carbocycles. The molecular formula is C15H13ClF3N3O2. The maximum atomic E-state index is 13.3. The normalized spacial score (nSPS) is 12.8. The molecule has 128 valence electrons. The average Bonchev–Trinajstić information content (AvgIpc) is 2.50. The van der Waals surface area contributed by atoms with Crippen LogP contribution in [0.15, 0.2) is 29.3 Å². The van der Waals surface area contributed by atoms with E-state index in [1.807, 2.05) is 5.32 Å².